The van der Waals surface area contributed by atoms with Gasteiger partial charge < -0.3 is 15.0 Å². The van der Waals surface area contributed by atoms with Crippen molar-refractivity contribution in [3.05, 3.63) is 71.5 Å². The molecule has 6 rings (SSSR count). The van der Waals surface area contributed by atoms with Crippen LogP contribution in [0.2, 0.25) is 0 Å². The normalized spacial score (nSPS) is 24.6. The van der Waals surface area contributed by atoms with Crippen LogP contribution in [0, 0.1) is 5.92 Å². The molecule has 0 saturated carbocycles. The molecule has 42 heavy (non-hydrogen) atoms. The van der Waals surface area contributed by atoms with Crippen LogP contribution < -0.4 is 15.0 Å². The van der Waals surface area contributed by atoms with Gasteiger partial charge in [-0.05, 0) is 74.5 Å². The van der Waals surface area contributed by atoms with Gasteiger partial charge in [0.05, 0.1) is 29.1 Å². The molecular formula is C33H40F3N5O. The molecule has 0 radical (unpaired) electrons. The molecule has 2 saturated heterocycles. The van der Waals surface area contributed by atoms with E-state index in [2.05, 4.69) is 34.3 Å². The Morgan fingerprint density at radius 2 is 1.95 bits per heavy atom. The van der Waals surface area contributed by atoms with Crippen molar-refractivity contribution in [2.45, 2.75) is 63.7 Å². The smallest absolute Gasteiger partial charge is 0.418 e. The lowest BCUT2D eigenvalue weighted by Gasteiger charge is -2.54. The Morgan fingerprint density at radius 3 is 2.71 bits per heavy atom. The van der Waals surface area contributed by atoms with E-state index in [0.29, 0.717) is 31.6 Å². The maximum atomic E-state index is 14.0. The van der Waals surface area contributed by atoms with Gasteiger partial charge in [0.25, 0.3) is 0 Å². The molecule has 9 heteroatoms. The number of piperidine rings is 1. The van der Waals surface area contributed by atoms with Crippen molar-refractivity contribution < 1.29 is 17.9 Å². The molecule has 3 aliphatic rings. The topological polar surface area (TPSA) is 53.5 Å². The highest BCUT2D eigenvalue weighted by atomic mass is 19.4. The van der Waals surface area contributed by atoms with E-state index < -0.39 is 11.7 Å². The highest BCUT2D eigenvalue weighted by molar-refractivity contribution is 5.66. The largest absolute Gasteiger partial charge is 0.477 e. The number of ether oxygens (including phenoxy) is 1. The molecule has 3 atom stereocenters. The number of fused-ring (bicyclic) bond motifs is 2. The van der Waals surface area contributed by atoms with Crippen LogP contribution in [0.3, 0.4) is 0 Å². The van der Waals surface area contributed by atoms with Gasteiger partial charge in [-0.25, -0.2) is 4.98 Å². The molecule has 5 heterocycles. The highest BCUT2D eigenvalue weighted by Gasteiger charge is 2.49. The molecule has 0 bridgehead atoms. The first kappa shape index (κ1) is 28.9. The number of benzene rings is 1. The Balaban J connectivity index is 1.38. The number of halogens is 3. The molecule has 6 nitrogen and oxygen atoms in total. The van der Waals surface area contributed by atoms with E-state index in [0.717, 1.165) is 62.4 Å². The zero-order valence-electron chi connectivity index (χ0n) is 24.5. The predicted octanol–water partition coefficient (Wildman–Crippen LogP) is 6.30. The molecule has 0 aliphatic carbocycles. The zero-order valence-corrected chi connectivity index (χ0v) is 24.5. The van der Waals surface area contributed by atoms with E-state index in [1.54, 1.807) is 18.3 Å². The van der Waals surface area contributed by atoms with Crippen LogP contribution in [0.4, 0.5) is 18.9 Å². The Bertz CT molecular complexity index is 1390. The molecular weight excluding hydrogens is 539 g/mol. The van der Waals surface area contributed by atoms with Gasteiger partial charge in [-0.3, -0.25) is 9.88 Å². The Morgan fingerprint density at radius 1 is 1.10 bits per heavy atom. The number of nitrogens with one attached hydrogen (secondary N) is 1. The van der Waals surface area contributed by atoms with Gasteiger partial charge >= 0.3 is 6.18 Å². The summed E-state index contributed by atoms with van der Waals surface area (Å²) in [6, 6.07) is 14.7. The number of pyridine rings is 2. The summed E-state index contributed by atoms with van der Waals surface area (Å²) >= 11 is 0. The number of rotatable bonds is 7. The lowest BCUT2D eigenvalue weighted by molar-refractivity contribution is -0.137. The molecule has 2 aromatic heterocycles. The lowest BCUT2D eigenvalue weighted by Crippen LogP contribution is -2.58. The maximum Gasteiger partial charge on any atom is 0.418 e. The van der Waals surface area contributed by atoms with Crippen LogP contribution in [-0.4, -0.2) is 60.2 Å². The monoisotopic (exact) mass is 579 g/mol. The molecule has 0 unspecified atom stereocenters. The zero-order chi connectivity index (χ0) is 29.3. The maximum absolute atomic E-state index is 14.0. The predicted molar refractivity (Wildman–Crippen MR) is 159 cm³/mol. The van der Waals surface area contributed by atoms with Crippen molar-refractivity contribution in [2.75, 3.05) is 44.2 Å². The van der Waals surface area contributed by atoms with E-state index in [4.69, 9.17) is 9.72 Å². The number of nitrogens with zero attached hydrogens (tertiary/aromatic N) is 4. The van der Waals surface area contributed by atoms with Gasteiger partial charge in [0.15, 0.2) is 0 Å². The molecule has 3 aliphatic heterocycles. The molecule has 1 spiro atoms. The molecule has 1 N–H and O–H groups in total. The lowest BCUT2D eigenvalue weighted by atomic mass is 9.62. The summed E-state index contributed by atoms with van der Waals surface area (Å²) in [4.78, 5) is 14.2. The van der Waals surface area contributed by atoms with Crippen molar-refractivity contribution in [3.8, 4) is 17.1 Å². The number of hydrogen-bond acceptors (Lipinski definition) is 6. The van der Waals surface area contributed by atoms with E-state index in [1.807, 2.05) is 24.0 Å². The van der Waals surface area contributed by atoms with Crippen LogP contribution >= 0.6 is 0 Å². The highest BCUT2D eigenvalue weighted by Crippen LogP contribution is 2.48. The summed E-state index contributed by atoms with van der Waals surface area (Å²) in [7, 11) is 0. The van der Waals surface area contributed by atoms with Gasteiger partial charge in [-0.1, -0.05) is 31.5 Å². The van der Waals surface area contributed by atoms with E-state index in [9.17, 15) is 13.2 Å². The second kappa shape index (κ2) is 11.8. The fraction of sp³-hybridized carbons (Fsp3) is 0.515. The van der Waals surface area contributed by atoms with Gasteiger partial charge in [0.1, 0.15) is 0 Å². The van der Waals surface area contributed by atoms with Crippen molar-refractivity contribution in [2.24, 2.45) is 5.92 Å². The molecule has 3 aromatic rings. The summed E-state index contributed by atoms with van der Waals surface area (Å²) < 4.78 is 47.7. The number of hydrogen-bond donors (Lipinski definition) is 1. The van der Waals surface area contributed by atoms with Crippen molar-refractivity contribution >= 4 is 5.69 Å². The van der Waals surface area contributed by atoms with Crippen LogP contribution in [0.25, 0.3) is 11.3 Å². The van der Waals surface area contributed by atoms with Crippen molar-refractivity contribution in [1.82, 2.24) is 20.2 Å². The summed E-state index contributed by atoms with van der Waals surface area (Å²) in [6.07, 6.45) is 1.35. The fourth-order valence-electron chi connectivity index (χ4n) is 7.53. The first-order chi connectivity index (χ1) is 20.3. The van der Waals surface area contributed by atoms with Crippen LogP contribution in [-0.2, 0) is 18.1 Å². The summed E-state index contributed by atoms with van der Waals surface area (Å²) in [6.45, 7) is 9.43. The summed E-state index contributed by atoms with van der Waals surface area (Å²) in [5, 5.41) is 3.65. The second-order valence-corrected chi connectivity index (χ2v) is 11.9. The first-order valence-corrected chi connectivity index (χ1v) is 15.3. The number of anilines is 1. The Labute approximate surface area is 246 Å². The first-order valence-electron chi connectivity index (χ1n) is 15.3. The SMILES string of the molecule is CCOc1ncccc1-c1ccc2c(n1)CN(C[C@H]1CCCN1)C[C@]21CCN(c2ccccc2C(F)(F)F)C[C@H]1CC. The third-order valence-corrected chi connectivity index (χ3v) is 9.45. The quantitative estimate of drug-likeness (QED) is 0.355. The minimum atomic E-state index is -4.39. The minimum Gasteiger partial charge on any atom is -0.477 e. The third kappa shape index (κ3) is 5.49. The van der Waals surface area contributed by atoms with Gasteiger partial charge in [0.2, 0.25) is 5.88 Å². The van der Waals surface area contributed by atoms with Crippen molar-refractivity contribution in [1.29, 1.82) is 0 Å². The number of para-hydroxylation sites is 1. The molecule has 0 amide bonds. The molecule has 1 aromatic carbocycles. The van der Waals surface area contributed by atoms with Gasteiger partial charge in [0, 0.05) is 56.1 Å². The average Bonchev–Trinajstić information content (AvgIpc) is 3.50. The fourth-order valence-corrected chi connectivity index (χ4v) is 7.53. The van der Waals surface area contributed by atoms with Gasteiger partial charge in [-0.15, -0.1) is 0 Å². The Kier molecular flexibility index (Phi) is 8.16. The third-order valence-electron chi connectivity index (χ3n) is 9.45. The number of aromatic nitrogens is 2. The number of alkyl halides is 3. The van der Waals surface area contributed by atoms with E-state index in [-0.39, 0.29) is 17.0 Å². The minimum absolute atomic E-state index is 0.177. The van der Waals surface area contributed by atoms with Gasteiger partial charge in [-0.2, -0.15) is 13.2 Å². The van der Waals surface area contributed by atoms with Crippen LogP contribution in [0.5, 0.6) is 5.88 Å². The summed E-state index contributed by atoms with van der Waals surface area (Å²) in [5.41, 5.74) is 3.57. The average molecular weight is 580 g/mol. The van der Waals surface area contributed by atoms with E-state index in [1.165, 1.54) is 24.1 Å². The van der Waals surface area contributed by atoms with E-state index >= 15 is 0 Å². The van der Waals surface area contributed by atoms with Crippen LogP contribution in [0.15, 0.2) is 54.7 Å². The molecule has 224 valence electrons. The standard InChI is InChI=1S/C33H40F3N5O/c1-3-23-19-41(30-12-6-5-11-27(30)33(34,35)36)18-15-32(23)22-40(20-24-9-7-16-37-24)21-29-26(32)13-14-28(39-29)25-10-8-17-38-31(25)42-4-2/h5-6,8,10-14,17,23-24,37H,3-4,7,9,15-16,18-22H2,1-2H3/t23-,24-,32+/m1/s1. The second-order valence-electron chi connectivity index (χ2n) is 11.9. The van der Waals surface area contributed by atoms with Crippen molar-refractivity contribution in [3.63, 3.8) is 0 Å². The molecule has 2 fully saturated rings. The summed E-state index contributed by atoms with van der Waals surface area (Å²) in [5.74, 6) is 0.753. The van der Waals surface area contributed by atoms with Crippen LogP contribution in [0.1, 0.15) is 56.4 Å². The Hall–Kier alpha value is -3.17.